The van der Waals surface area contributed by atoms with E-state index in [4.69, 9.17) is 18.9 Å². The molecule has 0 amide bonds. The van der Waals surface area contributed by atoms with Gasteiger partial charge in [-0.1, -0.05) is 135 Å². The van der Waals surface area contributed by atoms with Crippen LogP contribution in [0.4, 0.5) is 0 Å². The van der Waals surface area contributed by atoms with Gasteiger partial charge in [0, 0.05) is 12.8 Å². The molecular weight excluding hydrogens is 1040 g/mol. The van der Waals surface area contributed by atoms with Crippen molar-refractivity contribution in [3.05, 3.63) is 130 Å². The molecule has 0 aromatic rings. The first kappa shape index (κ1) is 65.0. The molecule has 4 unspecified atom stereocenters. The Morgan fingerprint density at radius 1 is 0.525 bits per heavy atom. The van der Waals surface area contributed by atoms with Gasteiger partial charge in [-0.3, -0.25) is 38.4 Å². The predicted molar refractivity (Wildman–Crippen MR) is 287 cm³/mol. The van der Waals surface area contributed by atoms with Crippen molar-refractivity contribution in [3.8, 4) is 0 Å². The number of carbonyl (C=O) groups is 10. The highest BCUT2D eigenvalue weighted by Gasteiger charge is 2.48. The lowest BCUT2D eigenvalue weighted by Gasteiger charge is -2.36. The van der Waals surface area contributed by atoms with Crippen LogP contribution in [0.15, 0.2) is 130 Å². The van der Waals surface area contributed by atoms with Gasteiger partial charge in [-0.2, -0.15) is 0 Å². The predicted octanol–water partition coefficient (Wildman–Crippen LogP) is 5.09. The lowest BCUT2D eigenvalue weighted by molar-refractivity contribution is -0.161. The molecule has 0 radical (unpaired) electrons. The smallest absolute Gasteiger partial charge is 0.343 e. The number of Topliss-reactive ketones (excluding diaryl/α,β-unsaturated/α-hetero) is 4. The van der Waals surface area contributed by atoms with Crippen molar-refractivity contribution in [1.29, 1.82) is 0 Å². The van der Waals surface area contributed by atoms with Gasteiger partial charge < -0.3 is 48.8 Å². The number of ether oxygens (including phenoxy) is 6. The Balaban J connectivity index is 1.20. The van der Waals surface area contributed by atoms with Crippen molar-refractivity contribution in [2.45, 2.75) is 157 Å². The number of aliphatic hydroxyl groups excluding tert-OH is 4. The highest BCUT2D eigenvalue weighted by atomic mass is 16.6. The summed E-state index contributed by atoms with van der Waals surface area (Å²) in [5.74, 6) is -8.66. The Labute approximate surface area is 464 Å². The van der Waals surface area contributed by atoms with Gasteiger partial charge in [0.2, 0.25) is 23.8 Å². The van der Waals surface area contributed by atoms with Crippen LogP contribution in [0.1, 0.15) is 108 Å². The third-order valence-corrected chi connectivity index (χ3v) is 13.4. The SMILES string of the molecule is CC(C=CC=C(C)C=CC1=C(C)C(=O)C(OC(=O)CCC(=O)OC[C@H](O)[C@H]2OC(=O)C(O)C2=O)CC1(C)C)=CC=CC=C(C)C=CC=C(C)C=CC1=C(C)C(=O)C(OC(=O)CCC(=O)OC[C@H](O)[C@H]2OC(=O)C(O)C2=O)CC1(C)C. The van der Waals surface area contributed by atoms with Crippen LogP contribution < -0.4 is 0 Å². The number of rotatable bonds is 24. The van der Waals surface area contributed by atoms with Crippen molar-refractivity contribution in [1.82, 2.24) is 0 Å². The van der Waals surface area contributed by atoms with E-state index in [-0.39, 0.29) is 24.4 Å². The number of hydrogen-bond acceptors (Lipinski definition) is 20. The molecule has 2 aliphatic carbocycles. The fraction of sp³-hybridized carbons (Fsp3) is 0.467. The van der Waals surface area contributed by atoms with E-state index >= 15 is 0 Å². The second kappa shape index (κ2) is 29.1. The first-order valence-corrected chi connectivity index (χ1v) is 25.9. The van der Waals surface area contributed by atoms with Crippen molar-refractivity contribution in [2.75, 3.05) is 13.2 Å². The maximum Gasteiger partial charge on any atom is 0.343 e. The summed E-state index contributed by atoms with van der Waals surface area (Å²) in [5.41, 5.74) is 5.22. The number of cyclic esters (lactones) is 2. The molecule has 4 aliphatic rings. The summed E-state index contributed by atoms with van der Waals surface area (Å²) in [6.07, 6.45) is 12.8. The summed E-state index contributed by atoms with van der Waals surface area (Å²) in [6.45, 7) is 17.5. The van der Waals surface area contributed by atoms with Crippen molar-refractivity contribution >= 4 is 58.9 Å². The monoisotopic (exact) mass is 1110 g/mol. The van der Waals surface area contributed by atoms with Crippen LogP contribution in [-0.2, 0) is 76.4 Å². The van der Waals surface area contributed by atoms with E-state index in [1.165, 1.54) is 0 Å². The molecule has 0 saturated carbocycles. The lowest BCUT2D eigenvalue weighted by atomic mass is 9.71. The third-order valence-electron chi connectivity index (χ3n) is 13.4. The molecule has 2 aliphatic heterocycles. The van der Waals surface area contributed by atoms with E-state index in [0.29, 0.717) is 11.1 Å². The summed E-state index contributed by atoms with van der Waals surface area (Å²) in [5, 5.41) is 38.9. The van der Waals surface area contributed by atoms with Gasteiger partial charge in [-0.25, -0.2) is 9.59 Å². The van der Waals surface area contributed by atoms with Gasteiger partial charge in [-0.05, 0) is 74.7 Å². The molecule has 0 aromatic carbocycles. The molecule has 20 nitrogen and oxygen atoms in total. The minimum atomic E-state index is -2.02. The molecule has 80 heavy (non-hydrogen) atoms. The van der Waals surface area contributed by atoms with Gasteiger partial charge in [0.1, 0.15) is 25.4 Å². The van der Waals surface area contributed by atoms with Gasteiger partial charge in [-0.15, -0.1) is 0 Å². The number of carbonyl (C=O) groups excluding carboxylic acids is 10. The Morgan fingerprint density at radius 3 is 1.16 bits per heavy atom. The minimum Gasteiger partial charge on any atom is -0.463 e. The van der Waals surface area contributed by atoms with E-state index in [0.717, 1.165) is 33.4 Å². The van der Waals surface area contributed by atoms with Crippen LogP contribution in [0.25, 0.3) is 0 Å². The summed E-state index contributed by atoms with van der Waals surface area (Å²) < 4.78 is 29.9. The maximum atomic E-state index is 13.3. The zero-order chi connectivity index (χ0) is 59.8. The highest BCUT2D eigenvalue weighted by molar-refractivity contribution is 6.10. The molecule has 0 aromatic heterocycles. The molecule has 432 valence electrons. The zero-order valence-electron chi connectivity index (χ0n) is 46.7. The average molecular weight is 1110 g/mol. The molecule has 0 bridgehead atoms. The molecule has 4 N–H and O–H groups in total. The van der Waals surface area contributed by atoms with Crippen molar-refractivity contribution in [2.24, 2.45) is 10.8 Å². The number of allylic oxidation sites excluding steroid dienone is 20. The molecule has 20 heteroatoms. The number of esters is 6. The van der Waals surface area contributed by atoms with Crippen LogP contribution >= 0.6 is 0 Å². The molecule has 4 rings (SSSR count). The van der Waals surface area contributed by atoms with E-state index in [1.54, 1.807) is 13.8 Å². The third kappa shape index (κ3) is 18.5. The van der Waals surface area contributed by atoms with Gasteiger partial charge in [0.15, 0.2) is 36.0 Å². The topological polar surface area (TPSA) is 307 Å². The first-order valence-electron chi connectivity index (χ1n) is 25.9. The second-order valence-electron chi connectivity index (χ2n) is 21.2. The molecular formula is C60H72O20. The largest absolute Gasteiger partial charge is 0.463 e. The molecule has 0 spiro atoms. The number of aliphatic hydroxyl groups is 4. The second-order valence-corrected chi connectivity index (χ2v) is 21.2. The van der Waals surface area contributed by atoms with Crippen molar-refractivity contribution in [3.63, 3.8) is 0 Å². The molecule has 2 saturated heterocycles. The Kier molecular flexibility index (Phi) is 23.6. The highest BCUT2D eigenvalue weighted by Crippen LogP contribution is 2.42. The fourth-order valence-corrected chi connectivity index (χ4v) is 8.85. The van der Waals surface area contributed by atoms with Crippen LogP contribution in [0.3, 0.4) is 0 Å². The Morgan fingerprint density at radius 2 is 0.838 bits per heavy atom. The maximum absolute atomic E-state index is 13.3. The Hall–Kier alpha value is -7.52. The average Bonchev–Trinajstić information content (AvgIpc) is 3.83. The summed E-state index contributed by atoms with van der Waals surface area (Å²) in [7, 11) is 0. The summed E-state index contributed by atoms with van der Waals surface area (Å²) in [6, 6.07) is 0. The summed E-state index contributed by atoms with van der Waals surface area (Å²) >= 11 is 0. The van der Waals surface area contributed by atoms with Crippen LogP contribution in [0.2, 0.25) is 0 Å². The van der Waals surface area contributed by atoms with Gasteiger partial charge in [0.05, 0.1) is 25.7 Å². The normalized spacial score (nSPS) is 24.9. The minimum absolute atomic E-state index is 0.208. The van der Waals surface area contributed by atoms with E-state index < -0.39 is 146 Å². The quantitative estimate of drug-likeness (QED) is 0.0423. The molecule has 2 heterocycles. The standard InChI is InChI=1S/C60H72O20/c1-33(17-13-19-35(3)21-23-39-37(5)49(67)43(29-59(39,7)8)77-47(65)27-25-45(63)75-31-41(61)55-51(69)53(71)57(73)79-55)15-11-12-16-34(2)18-14-20-36(4)22-24-40-38(6)50(68)44(30-60(40,9)10)78-48(66)28-26-46(64)76-32-42(62)56-52(70)54(72)58(74)80-56/h11-24,41-44,53-56,61-62,71-72H,25-32H2,1-10H3/t41-,42-,43?,44?,53?,54?,55+,56+/m0/s1. The lowest BCUT2D eigenvalue weighted by Crippen LogP contribution is -2.39. The van der Waals surface area contributed by atoms with E-state index in [9.17, 15) is 68.4 Å². The summed E-state index contributed by atoms with van der Waals surface area (Å²) in [4.78, 5) is 123. The molecule has 2 fully saturated rings. The van der Waals surface area contributed by atoms with Crippen LogP contribution in [0, 0.1) is 10.8 Å². The molecule has 8 atom stereocenters. The first-order chi connectivity index (χ1) is 37.4. The van der Waals surface area contributed by atoms with E-state index in [2.05, 4.69) is 9.47 Å². The van der Waals surface area contributed by atoms with Crippen molar-refractivity contribution < 1.29 is 96.8 Å². The Bertz CT molecular complexity index is 2630. The zero-order valence-corrected chi connectivity index (χ0v) is 46.7. The van der Waals surface area contributed by atoms with Gasteiger partial charge >= 0.3 is 35.8 Å². The van der Waals surface area contributed by atoms with E-state index in [1.807, 2.05) is 140 Å². The number of hydrogen-bond donors (Lipinski definition) is 4. The number of ketones is 4. The van der Waals surface area contributed by atoms with Crippen LogP contribution in [-0.4, -0.2) is 141 Å². The van der Waals surface area contributed by atoms with Crippen LogP contribution in [0.5, 0.6) is 0 Å². The van der Waals surface area contributed by atoms with Gasteiger partial charge in [0.25, 0.3) is 0 Å². The fourth-order valence-electron chi connectivity index (χ4n) is 8.85.